The normalized spacial score (nSPS) is 26.3. The highest BCUT2D eigenvalue weighted by atomic mass is 32.2. The fourth-order valence-electron chi connectivity index (χ4n) is 1.80. The zero-order valence-electron chi connectivity index (χ0n) is 7.14. The van der Waals surface area contributed by atoms with E-state index in [4.69, 9.17) is 4.78 Å². The summed E-state index contributed by atoms with van der Waals surface area (Å²) in [6.07, 6.45) is 7.84. The minimum atomic E-state index is -2.22. The smallest absolute Gasteiger partial charge is 0.0415 e. The lowest BCUT2D eigenvalue weighted by molar-refractivity contribution is 0.388. The molecule has 1 aliphatic rings. The second kappa shape index (κ2) is 3.57. The van der Waals surface area contributed by atoms with Crippen LogP contribution in [-0.2, 0) is 9.73 Å². The van der Waals surface area contributed by atoms with Gasteiger partial charge in [0.05, 0.1) is 0 Å². The first kappa shape index (κ1) is 9.04. The molecule has 66 valence electrons. The van der Waals surface area contributed by atoms with Gasteiger partial charge in [-0.3, -0.25) is 8.99 Å². The number of hydrogen-bond acceptors (Lipinski definition) is 2. The van der Waals surface area contributed by atoms with Crippen LogP contribution in [0, 0.1) is 10.7 Å². The first-order valence-corrected chi connectivity index (χ1v) is 6.43. The van der Waals surface area contributed by atoms with E-state index in [2.05, 4.69) is 0 Å². The highest BCUT2D eigenvalue weighted by Gasteiger charge is 2.15. The van der Waals surface area contributed by atoms with Crippen molar-refractivity contribution < 1.29 is 4.21 Å². The molecule has 0 aromatic carbocycles. The van der Waals surface area contributed by atoms with Crippen molar-refractivity contribution in [2.75, 3.05) is 12.0 Å². The third kappa shape index (κ3) is 3.75. The molecule has 2 nitrogen and oxygen atoms in total. The zero-order valence-corrected chi connectivity index (χ0v) is 7.95. The van der Waals surface area contributed by atoms with Gasteiger partial charge in [0.1, 0.15) is 0 Å². The van der Waals surface area contributed by atoms with Crippen LogP contribution in [0.15, 0.2) is 0 Å². The molecular formula is C8H17NOS. The third-order valence-electron chi connectivity index (χ3n) is 2.28. The lowest BCUT2D eigenvalue weighted by Crippen LogP contribution is -2.16. The summed E-state index contributed by atoms with van der Waals surface area (Å²) in [5.74, 6) is 1.21. The Morgan fingerprint density at radius 2 is 1.91 bits per heavy atom. The van der Waals surface area contributed by atoms with Crippen molar-refractivity contribution in [2.24, 2.45) is 5.92 Å². The van der Waals surface area contributed by atoms with Gasteiger partial charge in [0.2, 0.25) is 0 Å². The molecule has 1 atom stereocenters. The molecule has 0 bridgehead atoms. The predicted molar refractivity (Wildman–Crippen MR) is 48.2 cm³/mol. The molecule has 0 spiro atoms. The summed E-state index contributed by atoms with van der Waals surface area (Å²) in [6, 6.07) is 0. The van der Waals surface area contributed by atoms with E-state index >= 15 is 0 Å². The molecule has 1 rings (SSSR count). The average molecular weight is 175 g/mol. The Hall–Kier alpha value is -0.0500. The van der Waals surface area contributed by atoms with Gasteiger partial charge in [-0.1, -0.05) is 19.3 Å². The fourth-order valence-corrected chi connectivity index (χ4v) is 3.04. The molecule has 0 aromatic rings. The Bertz CT molecular complexity index is 202. The Balaban J connectivity index is 2.36. The first-order valence-electron chi connectivity index (χ1n) is 4.29. The van der Waals surface area contributed by atoms with E-state index in [0.717, 1.165) is 0 Å². The molecule has 11 heavy (non-hydrogen) atoms. The van der Waals surface area contributed by atoms with Crippen LogP contribution in [0.2, 0.25) is 0 Å². The summed E-state index contributed by atoms with van der Waals surface area (Å²) in [4.78, 5) is 0. The van der Waals surface area contributed by atoms with E-state index in [9.17, 15) is 4.21 Å². The van der Waals surface area contributed by atoms with Gasteiger partial charge in [-0.05, 0) is 18.8 Å². The number of hydrogen-bond donors (Lipinski definition) is 1. The Morgan fingerprint density at radius 3 is 2.36 bits per heavy atom. The molecular weight excluding hydrogens is 158 g/mol. The van der Waals surface area contributed by atoms with Gasteiger partial charge in [0.25, 0.3) is 0 Å². The van der Waals surface area contributed by atoms with E-state index in [-0.39, 0.29) is 0 Å². The van der Waals surface area contributed by atoms with Crippen molar-refractivity contribution in [3.8, 4) is 0 Å². The van der Waals surface area contributed by atoms with Crippen molar-refractivity contribution in [3.05, 3.63) is 0 Å². The number of rotatable bonds is 2. The molecule has 1 N–H and O–H groups in total. The molecule has 0 heterocycles. The van der Waals surface area contributed by atoms with Crippen LogP contribution in [0.1, 0.15) is 32.1 Å². The van der Waals surface area contributed by atoms with E-state index in [1.54, 1.807) is 6.26 Å². The molecule has 0 aromatic heterocycles. The van der Waals surface area contributed by atoms with Gasteiger partial charge in [-0.15, -0.1) is 0 Å². The molecule has 1 fully saturated rings. The van der Waals surface area contributed by atoms with Crippen molar-refractivity contribution in [2.45, 2.75) is 32.1 Å². The summed E-state index contributed by atoms with van der Waals surface area (Å²) in [6.45, 7) is 0. The molecule has 1 aliphatic carbocycles. The van der Waals surface area contributed by atoms with Gasteiger partial charge in [-0.2, -0.15) is 0 Å². The van der Waals surface area contributed by atoms with Gasteiger partial charge in [0, 0.05) is 21.7 Å². The Morgan fingerprint density at radius 1 is 1.36 bits per heavy atom. The summed E-state index contributed by atoms with van der Waals surface area (Å²) < 4.78 is 18.4. The molecule has 0 radical (unpaired) electrons. The van der Waals surface area contributed by atoms with E-state index < -0.39 is 9.73 Å². The van der Waals surface area contributed by atoms with Crippen LogP contribution in [-0.4, -0.2) is 16.2 Å². The molecule has 1 saturated carbocycles. The summed E-state index contributed by atoms with van der Waals surface area (Å²) in [5.41, 5.74) is 0. The standard InChI is InChI=1S/C8H17NOS/c1-11(9,10)7-8-5-3-2-4-6-8/h8-9H,2-7H2,1H3. The minimum Gasteiger partial charge on any atom is -0.253 e. The third-order valence-corrected chi connectivity index (χ3v) is 3.39. The summed E-state index contributed by atoms with van der Waals surface area (Å²) in [5, 5.41) is 0. The first-order chi connectivity index (χ1) is 5.08. The fraction of sp³-hybridized carbons (Fsp3) is 1.00. The van der Waals surface area contributed by atoms with Crippen molar-refractivity contribution in [3.63, 3.8) is 0 Å². The maximum atomic E-state index is 11.1. The van der Waals surface area contributed by atoms with Crippen molar-refractivity contribution in [1.82, 2.24) is 0 Å². The summed E-state index contributed by atoms with van der Waals surface area (Å²) >= 11 is 0. The molecule has 0 amide bonds. The topological polar surface area (TPSA) is 40.9 Å². The lowest BCUT2D eigenvalue weighted by Gasteiger charge is -2.20. The zero-order chi connectivity index (χ0) is 8.32. The highest BCUT2D eigenvalue weighted by molar-refractivity contribution is 7.91. The van der Waals surface area contributed by atoms with E-state index in [1.165, 1.54) is 32.1 Å². The highest BCUT2D eigenvalue weighted by Crippen LogP contribution is 2.24. The van der Waals surface area contributed by atoms with Crippen LogP contribution < -0.4 is 0 Å². The quantitative estimate of drug-likeness (QED) is 0.687. The van der Waals surface area contributed by atoms with Gasteiger partial charge >= 0.3 is 0 Å². The van der Waals surface area contributed by atoms with Crippen molar-refractivity contribution >= 4 is 9.73 Å². The molecule has 0 aliphatic heterocycles. The van der Waals surface area contributed by atoms with Crippen LogP contribution >= 0.6 is 0 Å². The summed E-state index contributed by atoms with van der Waals surface area (Å²) in [7, 11) is -2.22. The predicted octanol–water partition coefficient (Wildman–Crippen LogP) is 2.24. The largest absolute Gasteiger partial charge is 0.253 e. The lowest BCUT2D eigenvalue weighted by atomic mass is 9.91. The van der Waals surface area contributed by atoms with Crippen LogP contribution in [0.4, 0.5) is 0 Å². The van der Waals surface area contributed by atoms with E-state index in [1.807, 2.05) is 0 Å². The second-order valence-electron chi connectivity index (χ2n) is 3.68. The van der Waals surface area contributed by atoms with Gasteiger partial charge in [-0.25, -0.2) is 0 Å². The molecule has 3 heteroatoms. The molecule has 0 saturated heterocycles. The Labute approximate surface area is 69.4 Å². The maximum absolute atomic E-state index is 11.1. The second-order valence-corrected chi connectivity index (χ2v) is 6.02. The maximum Gasteiger partial charge on any atom is 0.0415 e. The average Bonchev–Trinajstić information content (AvgIpc) is 1.85. The Kier molecular flexibility index (Phi) is 2.93. The van der Waals surface area contributed by atoms with Crippen LogP contribution in [0.3, 0.4) is 0 Å². The van der Waals surface area contributed by atoms with Crippen LogP contribution in [0.5, 0.6) is 0 Å². The monoisotopic (exact) mass is 175 g/mol. The van der Waals surface area contributed by atoms with Crippen LogP contribution in [0.25, 0.3) is 0 Å². The van der Waals surface area contributed by atoms with Crippen molar-refractivity contribution in [1.29, 1.82) is 4.78 Å². The minimum absolute atomic E-state index is 0.582. The van der Waals surface area contributed by atoms with E-state index in [0.29, 0.717) is 11.7 Å². The van der Waals surface area contributed by atoms with Gasteiger partial charge in [0.15, 0.2) is 0 Å². The molecule has 1 unspecified atom stereocenters. The van der Waals surface area contributed by atoms with Gasteiger partial charge < -0.3 is 0 Å². The number of nitrogens with one attached hydrogen (secondary N) is 1. The SMILES string of the molecule is CS(=N)(=O)CC1CCCCC1.